The minimum absolute atomic E-state index is 0.432. The molecular formula is C22H23F2N5O. The fraction of sp³-hybridized carbons (Fsp3) is 0.409. The van der Waals surface area contributed by atoms with Crippen LogP contribution < -0.4 is 4.90 Å². The molecule has 1 saturated heterocycles. The van der Waals surface area contributed by atoms with Crippen molar-refractivity contribution in [2.75, 3.05) is 31.1 Å². The molecule has 1 aromatic carbocycles. The topological polar surface area (TPSA) is 58.3 Å². The molecule has 0 N–H and O–H groups in total. The highest BCUT2D eigenvalue weighted by Gasteiger charge is 2.30. The molecule has 8 heteroatoms. The first kappa shape index (κ1) is 19.1. The smallest absolute Gasteiger partial charge is 0.261 e. The number of nitrogens with zero attached hydrogens (tertiary/aromatic N) is 5. The predicted octanol–water partition coefficient (Wildman–Crippen LogP) is 4.00. The SMILES string of the molecule is Fc1cc(F)cc(CN2CCCN(c3ncccc3-c3nc(C4CC4)no3)CC2)c1. The number of halogens is 2. The van der Waals surface area contributed by atoms with Gasteiger partial charge in [-0.2, -0.15) is 4.98 Å². The Bertz CT molecular complexity index is 1020. The van der Waals surface area contributed by atoms with E-state index in [4.69, 9.17) is 4.52 Å². The Morgan fingerprint density at radius 2 is 1.87 bits per heavy atom. The van der Waals surface area contributed by atoms with Crippen LogP contribution in [0.15, 0.2) is 41.1 Å². The average molecular weight is 411 g/mol. The van der Waals surface area contributed by atoms with Crippen LogP contribution in [0.1, 0.15) is 36.6 Å². The summed E-state index contributed by atoms with van der Waals surface area (Å²) in [6.07, 6.45) is 4.94. The summed E-state index contributed by atoms with van der Waals surface area (Å²) >= 11 is 0. The van der Waals surface area contributed by atoms with Crippen molar-refractivity contribution >= 4 is 5.82 Å². The molecule has 5 rings (SSSR count). The molecule has 0 amide bonds. The Labute approximate surface area is 173 Å². The van der Waals surface area contributed by atoms with Gasteiger partial charge in [-0.3, -0.25) is 4.90 Å². The summed E-state index contributed by atoms with van der Waals surface area (Å²) in [5.74, 6) is 1.49. The van der Waals surface area contributed by atoms with Gasteiger partial charge in [0.05, 0.1) is 5.56 Å². The molecule has 156 valence electrons. The molecule has 2 fully saturated rings. The zero-order chi connectivity index (χ0) is 20.5. The fourth-order valence-corrected chi connectivity index (χ4v) is 3.97. The molecule has 6 nitrogen and oxygen atoms in total. The highest BCUT2D eigenvalue weighted by molar-refractivity contribution is 5.69. The zero-order valence-corrected chi connectivity index (χ0v) is 16.6. The van der Waals surface area contributed by atoms with Crippen LogP contribution >= 0.6 is 0 Å². The summed E-state index contributed by atoms with van der Waals surface area (Å²) in [6, 6.07) is 7.54. The molecule has 2 aliphatic rings. The molecule has 30 heavy (non-hydrogen) atoms. The van der Waals surface area contributed by atoms with Crippen LogP contribution in [-0.4, -0.2) is 46.2 Å². The van der Waals surface area contributed by atoms with Gasteiger partial charge in [0.1, 0.15) is 17.5 Å². The van der Waals surface area contributed by atoms with Gasteiger partial charge >= 0.3 is 0 Å². The normalized spacial score (nSPS) is 17.9. The van der Waals surface area contributed by atoms with Crippen molar-refractivity contribution in [3.8, 4) is 11.5 Å². The third-order valence-electron chi connectivity index (χ3n) is 5.62. The van der Waals surface area contributed by atoms with E-state index in [9.17, 15) is 8.78 Å². The van der Waals surface area contributed by atoms with E-state index in [1.807, 2.05) is 12.1 Å². The minimum atomic E-state index is -0.537. The quantitative estimate of drug-likeness (QED) is 0.633. The number of aromatic nitrogens is 3. The Hall–Kier alpha value is -2.87. The maximum Gasteiger partial charge on any atom is 0.261 e. The molecule has 0 radical (unpaired) electrons. The highest BCUT2D eigenvalue weighted by Crippen LogP contribution is 2.39. The first-order valence-corrected chi connectivity index (χ1v) is 10.4. The van der Waals surface area contributed by atoms with Crippen LogP contribution in [0, 0.1) is 11.6 Å². The Morgan fingerprint density at radius 3 is 2.67 bits per heavy atom. The lowest BCUT2D eigenvalue weighted by Gasteiger charge is -2.24. The summed E-state index contributed by atoms with van der Waals surface area (Å²) in [5, 5.41) is 4.13. The molecule has 3 heterocycles. The Morgan fingerprint density at radius 1 is 1.03 bits per heavy atom. The summed E-state index contributed by atoms with van der Waals surface area (Å²) < 4.78 is 32.6. The highest BCUT2D eigenvalue weighted by atomic mass is 19.1. The first-order valence-electron chi connectivity index (χ1n) is 10.4. The molecule has 1 saturated carbocycles. The van der Waals surface area contributed by atoms with Gasteiger partial charge in [0.25, 0.3) is 5.89 Å². The monoisotopic (exact) mass is 411 g/mol. The van der Waals surface area contributed by atoms with E-state index in [1.165, 1.54) is 12.1 Å². The fourth-order valence-electron chi connectivity index (χ4n) is 3.97. The van der Waals surface area contributed by atoms with Crippen LogP contribution in [0.2, 0.25) is 0 Å². The van der Waals surface area contributed by atoms with Crippen molar-refractivity contribution in [2.24, 2.45) is 0 Å². The number of rotatable bonds is 5. The molecule has 1 aliphatic carbocycles. The van der Waals surface area contributed by atoms with Crippen molar-refractivity contribution in [1.82, 2.24) is 20.0 Å². The van der Waals surface area contributed by atoms with Crippen LogP contribution in [0.4, 0.5) is 14.6 Å². The number of hydrogen-bond donors (Lipinski definition) is 0. The summed E-state index contributed by atoms with van der Waals surface area (Å²) in [5.41, 5.74) is 1.50. The maximum atomic E-state index is 13.5. The third-order valence-corrected chi connectivity index (χ3v) is 5.62. The standard InChI is InChI=1S/C22H23F2N5O/c23-17-11-15(12-18(24)13-17)14-28-7-2-8-29(10-9-28)21-19(3-1-6-25-21)22-26-20(27-30-22)16-4-5-16/h1,3,6,11-13,16H,2,4-5,7-10,14H2. The molecule has 0 unspecified atom stereocenters. The largest absolute Gasteiger partial charge is 0.355 e. The summed E-state index contributed by atoms with van der Waals surface area (Å²) in [4.78, 5) is 13.6. The van der Waals surface area contributed by atoms with Crippen LogP contribution in [0.5, 0.6) is 0 Å². The number of anilines is 1. The van der Waals surface area contributed by atoms with E-state index in [1.54, 1.807) is 6.20 Å². The molecular weight excluding hydrogens is 388 g/mol. The molecule has 0 atom stereocenters. The van der Waals surface area contributed by atoms with Crippen molar-refractivity contribution in [1.29, 1.82) is 0 Å². The van der Waals surface area contributed by atoms with Crippen LogP contribution in [-0.2, 0) is 6.54 Å². The molecule has 0 bridgehead atoms. The molecule has 2 aromatic heterocycles. The summed E-state index contributed by atoms with van der Waals surface area (Å²) in [7, 11) is 0. The summed E-state index contributed by atoms with van der Waals surface area (Å²) in [6.45, 7) is 3.73. The second-order valence-electron chi connectivity index (χ2n) is 8.00. The van der Waals surface area contributed by atoms with Gasteiger partial charge in [-0.15, -0.1) is 0 Å². The lowest BCUT2D eigenvalue weighted by molar-refractivity contribution is 0.284. The van der Waals surface area contributed by atoms with Crippen molar-refractivity contribution in [3.63, 3.8) is 0 Å². The number of hydrogen-bond acceptors (Lipinski definition) is 6. The second-order valence-corrected chi connectivity index (χ2v) is 8.00. The van der Waals surface area contributed by atoms with E-state index < -0.39 is 11.6 Å². The van der Waals surface area contributed by atoms with Gasteiger partial charge in [-0.05, 0) is 49.1 Å². The first-order chi connectivity index (χ1) is 14.7. The van der Waals surface area contributed by atoms with E-state index in [0.717, 1.165) is 68.7 Å². The average Bonchev–Trinajstić information content (AvgIpc) is 3.50. The van der Waals surface area contributed by atoms with E-state index in [0.29, 0.717) is 23.9 Å². The van der Waals surface area contributed by atoms with Gasteiger partial charge in [-0.1, -0.05) is 5.16 Å². The molecule has 0 spiro atoms. The Kier molecular flexibility index (Phi) is 5.16. The van der Waals surface area contributed by atoms with E-state index in [-0.39, 0.29) is 0 Å². The van der Waals surface area contributed by atoms with E-state index >= 15 is 0 Å². The van der Waals surface area contributed by atoms with Crippen molar-refractivity contribution in [2.45, 2.75) is 31.7 Å². The lowest BCUT2D eigenvalue weighted by Crippen LogP contribution is -2.31. The Balaban J connectivity index is 1.31. The van der Waals surface area contributed by atoms with Gasteiger partial charge in [-0.25, -0.2) is 13.8 Å². The molecule has 3 aromatic rings. The minimum Gasteiger partial charge on any atom is -0.355 e. The van der Waals surface area contributed by atoms with Gasteiger partial charge in [0.2, 0.25) is 0 Å². The van der Waals surface area contributed by atoms with Crippen molar-refractivity contribution < 1.29 is 13.3 Å². The van der Waals surface area contributed by atoms with Crippen LogP contribution in [0.25, 0.3) is 11.5 Å². The lowest BCUT2D eigenvalue weighted by atomic mass is 10.2. The molecule has 1 aliphatic heterocycles. The van der Waals surface area contributed by atoms with Crippen LogP contribution in [0.3, 0.4) is 0 Å². The number of pyridine rings is 1. The van der Waals surface area contributed by atoms with Gasteiger partial charge < -0.3 is 9.42 Å². The van der Waals surface area contributed by atoms with E-state index in [2.05, 4.69) is 24.9 Å². The zero-order valence-electron chi connectivity index (χ0n) is 16.6. The third kappa shape index (κ3) is 4.18. The van der Waals surface area contributed by atoms with Crippen molar-refractivity contribution in [3.05, 3.63) is 59.6 Å². The van der Waals surface area contributed by atoms with Gasteiger partial charge in [0, 0.05) is 50.9 Å². The maximum absolute atomic E-state index is 13.5. The number of benzene rings is 1. The second kappa shape index (κ2) is 8.10. The predicted molar refractivity (Wildman–Crippen MR) is 108 cm³/mol. The van der Waals surface area contributed by atoms with Gasteiger partial charge in [0.15, 0.2) is 5.82 Å².